The smallest absolute Gasteiger partial charge is 0.251 e. The molecule has 1 amide bonds. The van der Waals surface area contributed by atoms with E-state index in [9.17, 15) is 13.2 Å². The minimum Gasteiger partial charge on any atom is -0.493 e. The van der Waals surface area contributed by atoms with Crippen LogP contribution in [0.15, 0.2) is 42.5 Å². The Morgan fingerprint density at radius 3 is 2.44 bits per heavy atom. The van der Waals surface area contributed by atoms with Gasteiger partial charge in [-0.05, 0) is 36.8 Å². The van der Waals surface area contributed by atoms with Gasteiger partial charge >= 0.3 is 0 Å². The number of methoxy groups -OCH3 is 2. The van der Waals surface area contributed by atoms with Gasteiger partial charge in [-0.3, -0.25) is 9.10 Å². The second kappa shape index (κ2) is 7.87. The Bertz CT molecular complexity index is 926. The van der Waals surface area contributed by atoms with Crippen molar-refractivity contribution in [2.75, 3.05) is 30.8 Å². The molecule has 144 valence electrons. The molecule has 1 N–H and O–H groups in total. The van der Waals surface area contributed by atoms with E-state index in [1.54, 1.807) is 44.6 Å². The molecule has 0 spiro atoms. The van der Waals surface area contributed by atoms with Gasteiger partial charge < -0.3 is 14.8 Å². The van der Waals surface area contributed by atoms with E-state index >= 15 is 0 Å². The van der Waals surface area contributed by atoms with Gasteiger partial charge in [0.05, 0.1) is 25.7 Å². The molecule has 1 saturated heterocycles. The minimum absolute atomic E-state index is 0.164. The van der Waals surface area contributed by atoms with Gasteiger partial charge in [-0.15, -0.1) is 0 Å². The molecule has 0 aromatic heterocycles. The summed E-state index contributed by atoms with van der Waals surface area (Å²) in [6, 6.07) is 12.0. The molecular formula is C19H22N2O5S. The summed E-state index contributed by atoms with van der Waals surface area (Å²) in [5.74, 6) is 1.09. The molecule has 0 saturated carbocycles. The van der Waals surface area contributed by atoms with Crippen molar-refractivity contribution in [2.45, 2.75) is 13.0 Å². The summed E-state index contributed by atoms with van der Waals surface area (Å²) < 4.78 is 36.0. The number of anilines is 1. The summed E-state index contributed by atoms with van der Waals surface area (Å²) in [7, 11) is -0.119. The zero-order chi connectivity index (χ0) is 19.4. The Labute approximate surface area is 158 Å². The van der Waals surface area contributed by atoms with E-state index in [1.165, 1.54) is 4.31 Å². The highest BCUT2D eigenvalue weighted by Gasteiger charge is 2.28. The lowest BCUT2D eigenvalue weighted by Gasteiger charge is -2.17. The van der Waals surface area contributed by atoms with Gasteiger partial charge in [0.25, 0.3) is 5.91 Å². The first-order chi connectivity index (χ1) is 13.0. The van der Waals surface area contributed by atoms with Crippen molar-refractivity contribution >= 4 is 21.6 Å². The molecule has 7 nitrogen and oxygen atoms in total. The third-order valence-corrected chi connectivity index (χ3v) is 6.31. The minimum atomic E-state index is -3.23. The number of hydrogen-bond donors (Lipinski definition) is 1. The number of rotatable bonds is 6. The second-order valence-electron chi connectivity index (χ2n) is 6.12. The average molecular weight is 390 g/mol. The second-order valence-corrected chi connectivity index (χ2v) is 8.14. The zero-order valence-corrected chi connectivity index (χ0v) is 16.1. The van der Waals surface area contributed by atoms with Gasteiger partial charge in [0, 0.05) is 24.2 Å². The van der Waals surface area contributed by atoms with Crippen LogP contribution in [0.5, 0.6) is 11.5 Å². The predicted octanol–water partition coefficient (Wildman–Crippen LogP) is 2.17. The number of para-hydroxylation sites is 1. The van der Waals surface area contributed by atoms with Gasteiger partial charge in [-0.2, -0.15) is 0 Å². The summed E-state index contributed by atoms with van der Waals surface area (Å²) >= 11 is 0. The third kappa shape index (κ3) is 4.00. The third-order valence-electron chi connectivity index (χ3n) is 4.44. The van der Waals surface area contributed by atoms with Crippen molar-refractivity contribution in [2.24, 2.45) is 0 Å². The summed E-state index contributed by atoms with van der Waals surface area (Å²) in [6.07, 6.45) is 0.618. The number of nitrogens with zero attached hydrogens (tertiary/aromatic N) is 1. The number of benzene rings is 2. The first-order valence-corrected chi connectivity index (χ1v) is 10.2. The van der Waals surface area contributed by atoms with Crippen LogP contribution in [0, 0.1) is 0 Å². The number of amides is 1. The van der Waals surface area contributed by atoms with Crippen molar-refractivity contribution in [1.82, 2.24) is 5.32 Å². The average Bonchev–Trinajstić information content (AvgIpc) is 3.04. The molecule has 3 rings (SSSR count). The van der Waals surface area contributed by atoms with Gasteiger partial charge in [-0.1, -0.05) is 12.1 Å². The highest BCUT2D eigenvalue weighted by molar-refractivity contribution is 7.93. The monoisotopic (exact) mass is 390 g/mol. The van der Waals surface area contributed by atoms with Crippen LogP contribution in [0.1, 0.15) is 22.3 Å². The Balaban J connectivity index is 1.69. The first-order valence-electron chi connectivity index (χ1n) is 8.55. The number of carbonyl (C=O) groups excluding carboxylic acids is 1. The molecule has 0 atom stereocenters. The van der Waals surface area contributed by atoms with Crippen molar-refractivity contribution in [3.63, 3.8) is 0 Å². The molecular weight excluding hydrogens is 368 g/mol. The van der Waals surface area contributed by atoms with Crippen molar-refractivity contribution in [3.8, 4) is 11.5 Å². The van der Waals surface area contributed by atoms with Crippen LogP contribution in [0.2, 0.25) is 0 Å². The molecule has 1 fully saturated rings. The number of ether oxygens (including phenoxy) is 2. The maximum Gasteiger partial charge on any atom is 0.251 e. The Hall–Kier alpha value is -2.74. The topological polar surface area (TPSA) is 84.9 Å². The fraction of sp³-hybridized carbons (Fsp3) is 0.316. The zero-order valence-electron chi connectivity index (χ0n) is 15.3. The molecule has 0 bridgehead atoms. The van der Waals surface area contributed by atoms with E-state index in [1.807, 2.05) is 12.1 Å². The van der Waals surface area contributed by atoms with E-state index in [0.29, 0.717) is 35.7 Å². The Morgan fingerprint density at radius 1 is 1.11 bits per heavy atom. The van der Waals surface area contributed by atoms with Gasteiger partial charge in [0.15, 0.2) is 11.5 Å². The molecule has 0 unspecified atom stereocenters. The molecule has 1 aliphatic heterocycles. The van der Waals surface area contributed by atoms with E-state index in [4.69, 9.17) is 9.47 Å². The fourth-order valence-corrected chi connectivity index (χ4v) is 4.64. The van der Waals surface area contributed by atoms with Crippen molar-refractivity contribution in [3.05, 3.63) is 53.6 Å². The van der Waals surface area contributed by atoms with E-state index < -0.39 is 10.0 Å². The molecule has 0 radical (unpaired) electrons. The number of sulfonamides is 1. The molecule has 1 heterocycles. The van der Waals surface area contributed by atoms with Crippen LogP contribution in [0.3, 0.4) is 0 Å². The molecule has 2 aromatic rings. The van der Waals surface area contributed by atoms with Crippen LogP contribution in [-0.4, -0.2) is 40.8 Å². The fourth-order valence-electron chi connectivity index (χ4n) is 3.08. The summed E-state index contributed by atoms with van der Waals surface area (Å²) in [4.78, 5) is 12.4. The lowest BCUT2D eigenvalue weighted by atomic mass is 10.1. The van der Waals surface area contributed by atoms with Crippen LogP contribution in [0.25, 0.3) is 0 Å². The SMILES string of the molecule is COc1cccc(CNC(=O)c2ccc(N3CCCS3(=O)=O)cc2)c1OC. The van der Waals surface area contributed by atoms with Crippen LogP contribution >= 0.6 is 0 Å². The summed E-state index contributed by atoms with van der Waals surface area (Å²) in [6.45, 7) is 0.755. The molecule has 0 aliphatic carbocycles. The van der Waals surface area contributed by atoms with E-state index in [0.717, 1.165) is 5.56 Å². The normalized spacial score (nSPS) is 15.4. The van der Waals surface area contributed by atoms with Crippen LogP contribution in [0.4, 0.5) is 5.69 Å². The largest absolute Gasteiger partial charge is 0.493 e. The lowest BCUT2D eigenvalue weighted by Crippen LogP contribution is -2.25. The molecule has 8 heteroatoms. The van der Waals surface area contributed by atoms with E-state index in [2.05, 4.69) is 5.32 Å². The summed E-state index contributed by atoms with van der Waals surface area (Å²) in [5.41, 5.74) is 1.83. The number of carbonyl (C=O) groups is 1. The highest BCUT2D eigenvalue weighted by Crippen LogP contribution is 2.30. The maximum atomic E-state index is 12.4. The molecule has 27 heavy (non-hydrogen) atoms. The van der Waals surface area contributed by atoms with Crippen LogP contribution < -0.4 is 19.1 Å². The summed E-state index contributed by atoms with van der Waals surface area (Å²) in [5, 5.41) is 2.84. The maximum absolute atomic E-state index is 12.4. The highest BCUT2D eigenvalue weighted by atomic mass is 32.2. The van der Waals surface area contributed by atoms with Gasteiger partial charge in [0.2, 0.25) is 10.0 Å². The molecule has 1 aliphatic rings. The lowest BCUT2D eigenvalue weighted by molar-refractivity contribution is 0.0950. The van der Waals surface area contributed by atoms with Gasteiger partial charge in [-0.25, -0.2) is 8.42 Å². The Kier molecular flexibility index (Phi) is 5.55. The van der Waals surface area contributed by atoms with E-state index in [-0.39, 0.29) is 18.2 Å². The molecule has 2 aromatic carbocycles. The predicted molar refractivity (Wildman–Crippen MR) is 103 cm³/mol. The standard InChI is InChI=1S/C19H22N2O5S/c1-25-17-6-3-5-15(18(17)26-2)13-20-19(22)14-7-9-16(10-8-14)21-11-4-12-27(21,23)24/h3,5-10H,4,11-13H2,1-2H3,(H,20,22). The van der Waals surface area contributed by atoms with Gasteiger partial charge in [0.1, 0.15) is 0 Å². The van der Waals surface area contributed by atoms with Crippen molar-refractivity contribution < 1.29 is 22.7 Å². The van der Waals surface area contributed by atoms with Crippen LogP contribution in [-0.2, 0) is 16.6 Å². The van der Waals surface area contributed by atoms with Crippen molar-refractivity contribution in [1.29, 1.82) is 0 Å². The number of nitrogens with one attached hydrogen (secondary N) is 1. The number of hydrogen-bond acceptors (Lipinski definition) is 5. The Morgan fingerprint density at radius 2 is 1.85 bits per heavy atom. The first kappa shape index (κ1) is 19.0. The quantitative estimate of drug-likeness (QED) is 0.817.